The van der Waals surface area contributed by atoms with Crippen molar-refractivity contribution >= 4 is 34.7 Å². The molecular weight excluding hydrogens is 296 g/mol. The van der Waals surface area contributed by atoms with Crippen LogP contribution in [0.15, 0.2) is 18.2 Å². The third-order valence-electron chi connectivity index (χ3n) is 3.57. The van der Waals surface area contributed by atoms with Crippen LogP contribution in [-0.2, 0) is 5.88 Å². The lowest BCUT2D eigenvalue weighted by atomic mass is 10.1. The Bertz CT molecular complexity index is 508. The van der Waals surface area contributed by atoms with Gasteiger partial charge in [-0.2, -0.15) is 11.8 Å². The van der Waals surface area contributed by atoms with Crippen LogP contribution in [0.3, 0.4) is 0 Å². The van der Waals surface area contributed by atoms with E-state index in [2.05, 4.69) is 18.7 Å². The molecule has 0 N–H and O–H groups in total. The summed E-state index contributed by atoms with van der Waals surface area (Å²) in [5, 5.41) is 11.3. The lowest BCUT2D eigenvalue weighted by Gasteiger charge is -2.24. The van der Waals surface area contributed by atoms with Crippen LogP contribution in [0, 0.1) is 10.1 Å². The van der Waals surface area contributed by atoms with Crippen molar-refractivity contribution in [2.24, 2.45) is 0 Å². The van der Waals surface area contributed by atoms with Gasteiger partial charge in [-0.25, -0.2) is 0 Å². The number of thioether (sulfide) groups is 1. The summed E-state index contributed by atoms with van der Waals surface area (Å²) in [6, 6.07) is 5.29. The number of nitrogens with zero attached hydrogens (tertiary/aromatic N) is 2. The fourth-order valence-electron chi connectivity index (χ4n) is 2.33. The summed E-state index contributed by atoms with van der Waals surface area (Å²) in [6.07, 6.45) is 1.02. The molecule has 0 unspecified atom stereocenters. The van der Waals surface area contributed by atoms with Crippen molar-refractivity contribution in [3.63, 3.8) is 0 Å². The molecule has 1 aliphatic heterocycles. The van der Waals surface area contributed by atoms with E-state index in [1.807, 2.05) is 23.9 Å². The monoisotopic (exact) mass is 314 g/mol. The minimum Gasteiger partial charge on any atom is -0.365 e. The van der Waals surface area contributed by atoms with E-state index >= 15 is 0 Å². The zero-order chi connectivity index (χ0) is 14.8. The minimum absolute atomic E-state index is 0.160. The first-order valence-electron chi connectivity index (χ1n) is 6.65. The molecule has 0 amide bonds. The van der Waals surface area contributed by atoms with E-state index < -0.39 is 0 Å². The summed E-state index contributed by atoms with van der Waals surface area (Å²) in [5.41, 5.74) is 1.65. The molecule has 1 aromatic carbocycles. The maximum atomic E-state index is 11.3. The van der Waals surface area contributed by atoms with Crippen LogP contribution >= 0.6 is 23.4 Å². The van der Waals surface area contributed by atoms with Gasteiger partial charge in [-0.3, -0.25) is 10.1 Å². The summed E-state index contributed by atoms with van der Waals surface area (Å²) >= 11 is 7.69. The topological polar surface area (TPSA) is 46.4 Å². The van der Waals surface area contributed by atoms with Gasteiger partial charge in [-0.1, -0.05) is 19.9 Å². The molecule has 110 valence electrons. The van der Waals surface area contributed by atoms with Gasteiger partial charge in [0.15, 0.2) is 0 Å². The highest BCUT2D eigenvalue weighted by atomic mass is 35.5. The normalized spacial score (nSPS) is 18.6. The van der Waals surface area contributed by atoms with Gasteiger partial charge >= 0.3 is 0 Å². The van der Waals surface area contributed by atoms with Crippen molar-refractivity contribution in [2.45, 2.75) is 30.9 Å². The molecule has 1 heterocycles. The highest BCUT2D eigenvalue weighted by molar-refractivity contribution is 8.00. The molecule has 1 fully saturated rings. The fourth-order valence-corrected chi connectivity index (χ4v) is 3.59. The van der Waals surface area contributed by atoms with Gasteiger partial charge in [0.1, 0.15) is 5.69 Å². The second-order valence-corrected chi connectivity index (χ2v) is 7.63. The summed E-state index contributed by atoms with van der Waals surface area (Å²) in [4.78, 5) is 13.1. The molecule has 1 aromatic rings. The van der Waals surface area contributed by atoms with E-state index in [0.717, 1.165) is 30.8 Å². The predicted octanol–water partition coefficient (Wildman–Crippen LogP) is 4.06. The number of alkyl halides is 1. The molecule has 1 aliphatic rings. The van der Waals surface area contributed by atoms with Crippen LogP contribution < -0.4 is 4.90 Å². The van der Waals surface area contributed by atoms with Gasteiger partial charge in [0.2, 0.25) is 0 Å². The number of benzene rings is 1. The lowest BCUT2D eigenvalue weighted by Crippen LogP contribution is -2.27. The fraction of sp³-hybridized carbons (Fsp3) is 0.571. The van der Waals surface area contributed by atoms with Gasteiger partial charge in [-0.05, 0) is 18.1 Å². The molecule has 0 radical (unpaired) electrons. The van der Waals surface area contributed by atoms with E-state index in [-0.39, 0.29) is 15.4 Å². The predicted molar refractivity (Wildman–Crippen MR) is 86.0 cm³/mol. The number of anilines is 1. The molecule has 0 saturated carbocycles. The molecule has 4 nitrogen and oxygen atoms in total. The van der Waals surface area contributed by atoms with Gasteiger partial charge in [0.25, 0.3) is 5.69 Å². The van der Waals surface area contributed by atoms with Gasteiger partial charge in [0, 0.05) is 35.5 Å². The highest BCUT2D eigenvalue weighted by Gasteiger charge is 2.27. The van der Waals surface area contributed by atoms with Crippen LogP contribution in [0.4, 0.5) is 11.4 Å². The van der Waals surface area contributed by atoms with E-state index in [9.17, 15) is 10.1 Å². The summed E-state index contributed by atoms with van der Waals surface area (Å²) in [7, 11) is 0. The van der Waals surface area contributed by atoms with Gasteiger partial charge in [0.05, 0.1) is 4.92 Å². The van der Waals surface area contributed by atoms with Crippen molar-refractivity contribution < 1.29 is 4.92 Å². The van der Waals surface area contributed by atoms with Crippen LogP contribution in [0.1, 0.15) is 25.8 Å². The van der Waals surface area contributed by atoms with Crippen molar-refractivity contribution in [2.75, 3.05) is 23.7 Å². The molecule has 6 heteroatoms. The van der Waals surface area contributed by atoms with E-state index in [1.165, 1.54) is 0 Å². The molecule has 0 atom stereocenters. The Morgan fingerprint density at radius 1 is 1.45 bits per heavy atom. The number of rotatable bonds is 3. The Morgan fingerprint density at radius 3 is 2.85 bits per heavy atom. The molecular formula is C14H19ClN2O2S. The Balaban J connectivity index is 2.29. The first-order chi connectivity index (χ1) is 9.43. The van der Waals surface area contributed by atoms with E-state index in [4.69, 9.17) is 11.6 Å². The minimum atomic E-state index is -0.311. The van der Waals surface area contributed by atoms with Crippen molar-refractivity contribution in [3.05, 3.63) is 33.9 Å². The van der Waals surface area contributed by atoms with Gasteiger partial charge in [-0.15, -0.1) is 11.6 Å². The zero-order valence-electron chi connectivity index (χ0n) is 11.8. The zero-order valence-corrected chi connectivity index (χ0v) is 13.3. The average molecular weight is 315 g/mol. The molecule has 2 rings (SSSR count). The summed E-state index contributed by atoms with van der Waals surface area (Å²) in [6.45, 7) is 6.15. The second-order valence-electron chi connectivity index (χ2n) is 5.56. The SMILES string of the molecule is CC1(C)CCN(c2ccc(CCl)cc2[N+](=O)[O-])CCS1. The largest absolute Gasteiger partial charge is 0.365 e. The average Bonchev–Trinajstić information content (AvgIpc) is 2.59. The number of nitro groups is 1. The lowest BCUT2D eigenvalue weighted by molar-refractivity contribution is -0.384. The number of nitro benzene ring substituents is 1. The van der Waals surface area contributed by atoms with E-state index in [0.29, 0.717) is 11.6 Å². The number of hydrogen-bond donors (Lipinski definition) is 0. The Morgan fingerprint density at radius 2 is 2.20 bits per heavy atom. The maximum absolute atomic E-state index is 11.3. The molecule has 1 saturated heterocycles. The van der Waals surface area contributed by atoms with Crippen LogP contribution in [-0.4, -0.2) is 28.5 Å². The molecule has 0 spiro atoms. The summed E-state index contributed by atoms with van der Waals surface area (Å²) in [5.74, 6) is 1.28. The Hall–Kier alpha value is -0.940. The molecule has 0 aromatic heterocycles. The smallest absolute Gasteiger partial charge is 0.292 e. The first-order valence-corrected chi connectivity index (χ1v) is 8.17. The summed E-state index contributed by atoms with van der Waals surface area (Å²) < 4.78 is 0.236. The standard InChI is InChI=1S/C14H19ClN2O2S/c1-14(2)5-6-16(7-8-20-14)12-4-3-11(10-15)9-13(12)17(18)19/h3-4,9H,5-8,10H2,1-2H3. The molecule has 0 aliphatic carbocycles. The second kappa shape index (κ2) is 6.22. The Labute approximate surface area is 128 Å². The number of hydrogen-bond acceptors (Lipinski definition) is 4. The highest BCUT2D eigenvalue weighted by Crippen LogP contribution is 2.35. The Kier molecular flexibility index (Phi) is 4.81. The molecule has 0 bridgehead atoms. The quantitative estimate of drug-likeness (QED) is 0.479. The van der Waals surface area contributed by atoms with Crippen molar-refractivity contribution in [1.82, 2.24) is 0 Å². The third-order valence-corrected chi connectivity index (χ3v) is 5.25. The molecule has 20 heavy (non-hydrogen) atoms. The van der Waals surface area contributed by atoms with Crippen LogP contribution in [0.25, 0.3) is 0 Å². The van der Waals surface area contributed by atoms with Crippen molar-refractivity contribution in [1.29, 1.82) is 0 Å². The van der Waals surface area contributed by atoms with Crippen LogP contribution in [0.5, 0.6) is 0 Å². The third kappa shape index (κ3) is 3.58. The van der Waals surface area contributed by atoms with Crippen LogP contribution in [0.2, 0.25) is 0 Å². The van der Waals surface area contributed by atoms with Crippen molar-refractivity contribution in [3.8, 4) is 0 Å². The van der Waals surface area contributed by atoms with Gasteiger partial charge < -0.3 is 4.90 Å². The first kappa shape index (κ1) is 15.4. The van der Waals surface area contributed by atoms with E-state index in [1.54, 1.807) is 6.07 Å². The number of halogens is 1. The maximum Gasteiger partial charge on any atom is 0.292 e.